The minimum Gasteiger partial charge on any atom is -0.336 e. The molecule has 0 saturated carbocycles. The third kappa shape index (κ3) is 2.30. The Kier molecular flexibility index (Phi) is 3.45. The van der Waals surface area contributed by atoms with E-state index in [-0.39, 0.29) is 24.3 Å². The van der Waals surface area contributed by atoms with Crippen molar-refractivity contribution in [1.29, 1.82) is 0 Å². The van der Waals surface area contributed by atoms with Gasteiger partial charge in [-0.25, -0.2) is 0 Å². The molecule has 3 rings (SSSR count). The predicted molar refractivity (Wildman–Crippen MR) is 78.0 cm³/mol. The summed E-state index contributed by atoms with van der Waals surface area (Å²) < 4.78 is 0. The summed E-state index contributed by atoms with van der Waals surface area (Å²) >= 11 is 0. The lowest BCUT2D eigenvalue weighted by Gasteiger charge is -2.44. The standard InChI is InChI=1S/C15H18N4O2/c1-10(2)18-7-8-19-13(15(18)21)12(20)9-17-14(19)11-5-3-4-6-16-11/h3-6,10,13H,7-9H2,1-2H3. The van der Waals surface area contributed by atoms with Gasteiger partial charge in [-0.1, -0.05) is 6.07 Å². The van der Waals surface area contributed by atoms with Gasteiger partial charge in [-0.2, -0.15) is 0 Å². The molecule has 1 unspecified atom stereocenters. The minimum absolute atomic E-state index is 0.0464. The number of pyridine rings is 1. The van der Waals surface area contributed by atoms with Gasteiger partial charge in [0, 0.05) is 25.3 Å². The number of aliphatic imine (C=N–C) groups is 1. The van der Waals surface area contributed by atoms with E-state index in [2.05, 4.69) is 9.98 Å². The molecule has 6 nitrogen and oxygen atoms in total. The Morgan fingerprint density at radius 2 is 2.05 bits per heavy atom. The quantitative estimate of drug-likeness (QED) is 0.735. The highest BCUT2D eigenvalue weighted by Gasteiger charge is 2.44. The number of amidine groups is 1. The molecular formula is C15H18N4O2. The molecule has 21 heavy (non-hydrogen) atoms. The Hall–Kier alpha value is -2.24. The van der Waals surface area contributed by atoms with Crippen LogP contribution in [0.2, 0.25) is 0 Å². The molecule has 1 aromatic rings. The summed E-state index contributed by atoms with van der Waals surface area (Å²) in [6.07, 6.45) is 1.69. The van der Waals surface area contributed by atoms with Crippen LogP contribution in [-0.4, -0.2) is 64.0 Å². The van der Waals surface area contributed by atoms with Gasteiger partial charge in [-0.3, -0.25) is 19.6 Å². The van der Waals surface area contributed by atoms with Crippen LogP contribution >= 0.6 is 0 Å². The fourth-order valence-electron chi connectivity index (χ4n) is 2.85. The molecule has 1 fully saturated rings. The minimum atomic E-state index is -0.740. The summed E-state index contributed by atoms with van der Waals surface area (Å²) in [6.45, 7) is 5.19. The van der Waals surface area contributed by atoms with Crippen molar-refractivity contribution in [2.24, 2.45) is 4.99 Å². The summed E-state index contributed by atoms with van der Waals surface area (Å²) in [7, 11) is 0. The number of hydrogen-bond acceptors (Lipinski definition) is 5. The van der Waals surface area contributed by atoms with Crippen LogP contribution in [0.3, 0.4) is 0 Å². The van der Waals surface area contributed by atoms with Crippen molar-refractivity contribution in [2.75, 3.05) is 19.6 Å². The van der Waals surface area contributed by atoms with E-state index in [1.807, 2.05) is 32.0 Å². The highest BCUT2D eigenvalue weighted by Crippen LogP contribution is 2.21. The van der Waals surface area contributed by atoms with Crippen molar-refractivity contribution in [3.05, 3.63) is 30.1 Å². The molecule has 1 atom stereocenters. The van der Waals surface area contributed by atoms with E-state index in [1.54, 1.807) is 16.0 Å². The molecule has 110 valence electrons. The highest BCUT2D eigenvalue weighted by molar-refractivity contribution is 6.14. The van der Waals surface area contributed by atoms with Crippen molar-refractivity contribution in [1.82, 2.24) is 14.8 Å². The first-order valence-corrected chi connectivity index (χ1v) is 7.15. The van der Waals surface area contributed by atoms with Crippen LogP contribution in [0.4, 0.5) is 0 Å². The molecule has 6 heteroatoms. The monoisotopic (exact) mass is 286 g/mol. The lowest BCUT2D eigenvalue weighted by Crippen LogP contribution is -2.65. The normalized spacial score (nSPS) is 22.4. The molecule has 0 aromatic carbocycles. The number of fused-ring (bicyclic) bond motifs is 1. The number of Topliss-reactive ketones (excluding diaryl/α,β-unsaturated/α-hetero) is 1. The van der Waals surface area contributed by atoms with Crippen LogP contribution in [0.1, 0.15) is 19.5 Å². The van der Waals surface area contributed by atoms with E-state index in [0.717, 1.165) is 0 Å². The van der Waals surface area contributed by atoms with Crippen LogP contribution in [0.25, 0.3) is 0 Å². The maximum absolute atomic E-state index is 12.6. The van der Waals surface area contributed by atoms with E-state index in [0.29, 0.717) is 24.6 Å². The van der Waals surface area contributed by atoms with Crippen molar-refractivity contribution < 1.29 is 9.59 Å². The molecule has 3 heterocycles. The fraction of sp³-hybridized carbons (Fsp3) is 0.467. The molecule has 0 radical (unpaired) electrons. The highest BCUT2D eigenvalue weighted by atomic mass is 16.2. The first-order valence-electron chi connectivity index (χ1n) is 7.15. The maximum atomic E-state index is 12.6. The number of amides is 1. The second kappa shape index (κ2) is 5.27. The molecule has 2 aliphatic heterocycles. The number of rotatable bonds is 2. The Bertz CT molecular complexity index is 597. The first kappa shape index (κ1) is 13.7. The molecule has 1 aromatic heterocycles. The number of carbonyl (C=O) groups excluding carboxylic acids is 2. The summed E-state index contributed by atoms with van der Waals surface area (Å²) in [6, 6.07) is 4.92. The average molecular weight is 286 g/mol. The largest absolute Gasteiger partial charge is 0.336 e. The molecule has 0 bridgehead atoms. The van der Waals surface area contributed by atoms with Gasteiger partial charge in [0.1, 0.15) is 12.2 Å². The van der Waals surface area contributed by atoms with Gasteiger partial charge in [-0.15, -0.1) is 0 Å². The van der Waals surface area contributed by atoms with Crippen molar-refractivity contribution >= 4 is 17.5 Å². The zero-order valence-corrected chi connectivity index (χ0v) is 12.2. The number of ketones is 1. The number of aromatic nitrogens is 1. The van der Waals surface area contributed by atoms with Gasteiger partial charge in [0.25, 0.3) is 5.91 Å². The number of carbonyl (C=O) groups is 2. The van der Waals surface area contributed by atoms with Gasteiger partial charge in [-0.05, 0) is 26.0 Å². The van der Waals surface area contributed by atoms with E-state index in [4.69, 9.17) is 0 Å². The third-order valence-corrected chi connectivity index (χ3v) is 3.89. The van der Waals surface area contributed by atoms with Crippen LogP contribution < -0.4 is 0 Å². The van der Waals surface area contributed by atoms with E-state index < -0.39 is 6.04 Å². The van der Waals surface area contributed by atoms with E-state index in [1.165, 1.54) is 0 Å². The molecule has 0 aliphatic carbocycles. The Labute approximate surface area is 123 Å². The second-order valence-electron chi connectivity index (χ2n) is 5.54. The molecule has 0 N–H and O–H groups in total. The summed E-state index contributed by atoms with van der Waals surface area (Å²) in [4.78, 5) is 36.9. The van der Waals surface area contributed by atoms with Crippen molar-refractivity contribution in [3.63, 3.8) is 0 Å². The van der Waals surface area contributed by atoms with Crippen LogP contribution in [-0.2, 0) is 9.59 Å². The summed E-state index contributed by atoms with van der Waals surface area (Å²) in [5.74, 6) is 0.395. The topological polar surface area (TPSA) is 65.9 Å². The van der Waals surface area contributed by atoms with Crippen molar-refractivity contribution in [3.8, 4) is 0 Å². The maximum Gasteiger partial charge on any atom is 0.253 e. The predicted octanol–water partition coefficient (Wildman–Crippen LogP) is 0.332. The summed E-state index contributed by atoms with van der Waals surface area (Å²) in [5.41, 5.74) is 0.709. The molecule has 0 spiro atoms. The average Bonchev–Trinajstić information content (AvgIpc) is 2.48. The van der Waals surface area contributed by atoms with Gasteiger partial charge in [0.2, 0.25) is 0 Å². The summed E-state index contributed by atoms with van der Waals surface area (Å²) in [5, 5.41) is 0. The molecule has 1 amide bonds. The zero-order valence-electron chi connectivity index (χ0n) is 12.2. The van der Waals surface area contributed by atoms with E-state index >= 15 is 0 Å². The second-order valence-corrected chi connectivity index (χ2v) is 5.54. The number of nitrogens with zero attached hydrogens (tertiary/aromatic N) is 4. The molecular weight excluding hydrogens is 268 g/mol. The zero-order chi connectivity index (χ0) is 15.0. The fourth-order valence-corrected chi connectivity index (χ4v) is 2.85. The van der Waals surface area contributed by atoms with Crippen LogP contribution in [0.15, 0.2) is 29.4 Å². The van der Waals surface area contributed by atoms with Gasteiger partial charge < -0.3 is 9.80 Å². The number of piperazine rings is 1. The Morgan fingerprint density at radius 1 is 1.24 bits per heavy atom. The van der Waals surface area contributed by atoms with E-state index in [9.17, 15) is 9.59 Å². The lowest BCUT2D eigenvalue weighted by atomic mass is 10.0. The SMILES string of the molecule is CC(C)N1CCN2C(c3ccccn3)=NCC(=O)C2C1=O. The molecule has 1 saturated heterocycles. The smallest absolute Gasteiger partial charge is 0.253 e. The molecule has 2 aliphatic rings. The lowest BCUT2D eigenvalue weighted by molar-refractivity contribution is -0.146. The van der Waals surface area contributed by atoms with Gasteiger partial charge in [0.15, 0.2) is 17.7 Å². The van der Waals surface area contributed by atoms with Crippen molar-refractivity contribution in [2.45, 2.75) is 25.9 Å². The van der Waals surface area contributed by atoms with Gasteiger partial charge >= 0.3 is 0 Å². The Balaban J connectivity index is 1.95. The Morgan fingerprint density at radius 3 is 2.71 bits per heavy atom. The van der Waals surface area contributed by atoms with Crippen LogP contribution in [0.5, 0.6) is 0 Å². The van der Waals surface area contributed by atoms with Gasteiger partial charge in [0.05, 0.1) is 0 Å². The third-order valence-electron chi connectivity index (χ3n) is 3.89. The first-order chi connectivity index (χ1) is 10.1. The number of hydrogen-bond donors (Lipinski definition) is 0. The van der Waals surface area contributed by atoms with Crippen LogP contribution in [0, 0.1) is 0 Å².